The number of hydrogen-bond acceptors (Lipinski definition) is 4. The fourth-order valence-corrected chi connectivity index (χ4v) is 3.90. The van der Waals surface area contributed by atoms with Crippen LogP contribution in [0.25, 0.3) is 10.2 Å². The zero-order valence-corrected chi connectivity index (χ0v) is 14.4. The number of carbonyl (C=O) groups is 1. The van der Waals surface area contributed by atoms with Crippen molar-refractivity contribution in [1.82, 2.24) is 14.9 Å². The molecule has 0 atom stereocenters. The molecule has 0 spiro atoms. The van der Waals surface area contributed by atoms with E-state index in [9.17, 15) is 14.0 Å². The number of benzene rings is 1. The van der Waals surface area contributed by atoms with Crippen LogP contribution in [0.5, 0.6) is 0 Å². The Balaban J connectivity index is 1.57. The molecule has 2 aromatic heterocycles. The van der Waals surface area contributed by atoms with Crippen LogP contribution in [0.4, 0.5) is 4.39 Å². The Kier molecular flexibility index (Phi) is 3.68. The highest BCUT2D eigenvalue weighted by molar-refractivity contribution is 7.17. The van der Waals surface area contributed by atoms with Gasteiger partial charge in [-0.1, -0.05) is 12.1 Å². The van der Waals surface area contributed by atoms with Crippen molar-refractivity contribution in [3.63, 3.8) is 0 Å². The van der Waals surface area contributed by atoms with Crippen molar-refractivity contribution >= 4 is 27.5 Å². The zero-order valence-electron chi connectivity index (χ0n) is 13.6. The third kappa shape index (κ3) is 2.74. The molecule has 1 aromatic carbocycles. The summed E-state index contributed by atoms with van der Waals surface area (Å²) in [6.45, 7) is 0.225. The van der Waals surface area contributed by atoms with Crippen LogP contribution >= 0.6 is 11.3 Å². The fourth-order valence-electron chi connectivity index (χ4n) is 3.18. The maximum absolute atomic E-state index is 13.1. The van der Waals surface area contributed by atoms with E-state index >= 15 is 0 Å². The highest BCUT2D eigenvalue weighted by atomic mass is 32.1. The monoisotopic (exact) mass is 357 g/mol. The van der Waals surface area contributed by atoms with Gasteiger partial charge in [-0.15, -0.1) is 11.3 Å². The number of aromatic nitrogens is 2. The number of likely N-dealkylation sites (N-methyl/N-ethyl adjacent to an activating group) is 1. The first-order valence-electron chi connectivity index (χ1n) is 7.98. The van der Waals surface area contributed by atoms with E-state index in [4.69, 9.17) is 0 Å². The molecule has 1 aliphatic rings. The molecule has 2 heterocycles. The standard InChI is InChI=1S/C18H16FN3O2S/c1-22(10-14-20-13-6-9-25-15(13)16(23)21-14)17(24)18(7-8-18)11-2-4-12(19)5-3-11/h2-6,9H,7-8,10H2,1H3,(H,20,21,23). The quantitative estimate of drug-likeness (QED) is 0.781. The highest BCUT2D eigenvalue weighted by Crippen LogP contribution is 2.49. The van der Waals surface area contributed by atoms with Gasteiger partial charge in [-0.2, -0.15) is 0 Å². The Labute approximate surface area is 147 Å². The number of nitrogens with zero attached hydrogens (tertiary/aromatic N) is 2. The molecule has 4 rings (SSSR count). The van der Waals surface area contributed by atoms with Crippen molar-refractivity contribution < 1.29 is 9.18 Å². The lowest BCUT2D eigenvalue weighted by Crippen LogP contribution is -2.37. The van der Waals surface area contributed by atoms with E-state index in [1.165, 1.54) is 23.5 Å². The first-order chi connectivity index (χ1) is 12.0. The maximum atomic E-state index is 13.1. The Bertz CT molecular complexity index is 1010. The van der Waals surface area contributed by atoms with Crippen molar-refractivity contribution in [3.05, 3.63) is 63.3 Å². The van der Waals surface area contributed by atoms with Crippen molar-refractivity contribution in [3.8, 4) is 0 Å². The third-order valence-electron chi connectivity index (χ3n) is 4.65. The van der Waals surface area contributed by atoms with E-state index in [-0.39, 0.29) is 23.8 Å². The molecule has 5 nitrogen and oxygen atoms in total. The molecule has 0 radical (unpaired) electrons. The number of thiophene rings is 1. The second-order valence-corrected chi connectivity index (χ2v) is 7.31. The topological polar surface area (TPSA) is 66.1 Å². The summed E-state index contributed by atoms with van der Waals surface area (Å²) in [4.78, 5) is 33.7. The van der Waals surface area contributed by atoms with Gasteiger partial charge in [0, 0.05) is 7.05 Å². The van der Waals surface area contributed by atoms with Crippen LogP contribution in [0.2, 0.25) is 0 Å². The number of aromatic amines is 1. The van der Waals surface area contributed by atoms with Gasteiger partial charge in [0.2, 0.25) is 5.91 Å². The number of rotatable bonds is 4. The van der Waals surface area contributed by atoms with Crippen molar-refractivity contribution in [2.75, 3.05) is 7.05 Å². The Hall–Kier alpha value is -2.54. The normalized spacial score (nSPS) is 15.3. The molecule has 7 heteroatoms. The molecular weight excluding hydrogens is 341 g/mol. The Morgan fingerprint density at radius 2 is 2.04 bits per heavy atom. The first kappa shape index (κ1) is 16.0. The number of amides is 1. The maximum Gasteiger partial charge on any atom is 0.268 e. The fraction of sp³-hybridized carbons (Fsp3) is 0.278. The molecule has 1 saturated carbocycles. The number of H-pyrrole nitrogens is 1. The summed E-state index contributed by atoms with van der Waals surface area (Å²) in [6.07, 6.45) is 1.49. The molecule has 0 saturated heterocycles. The minimum atomic E-state index is -0.574. The summed E-state index contributed by atoms with van der Waals surface area (Å²) in [6, 6.07) is 7.90. The Morgan fingerprint density at radius 1 is 1.32 bits per heavy atom. The number of hydrogen-bond donors (Lipinski definition) is 1. The van der Waals surface area contributed by atoms with Gasteiger partial charge in [0.05, 0.1) is 17.5 Å². The molecule has 1 amide bonds. The van der Waals surface area contributed by atoms with Crippen molar-refractivity contribution in [1.29, 1.82) is 0 Å². The van der Waals surface area contributed by atoms with Gasteiger partial charge in [0.15, 0.2) is 0 Å². The number of fused-ring (bicyclic) bond motifs is 1. The molecule has 3 aromatic rings. The van der Waals surface area contributed by atoms with Crippen LogP contribution in [-0.2, 0) is 16.8 Å². The molecule has 0 aliphatic heterocycles. The van der Waals surface area contributed by atoms with Gasteiger partial charge in [-0.05, 0) is 42.0 Å². The number of carbonyl (C=O) groups excluding carboxylic acids is 1. The summed E-state index contributed by atoms with van der Waals surface area (Å²) in [7, 11) is 1.70. The molecule has 1 fully saturated rings. The van der Waals surface area contributed by atoms with E-state index in [1.54, 1.807) is 30.1 Å². The van der Waals surface area contributed by atoms with E-state index < -0.39 is 5.41 Å². The lowest BCUT2D eigenvalue weighted by Gasteiger charge is -2.23. The summed E-state index contributed by atoms with van der Waals surface area (Å²) < 4.78 is 13.7. The lowest BCUT2D eigenvalue weighted by atomic mass is 9.94. The second-order valence-electron chi connectivity index (χ2n) is 6.40. The first-order valence-corrected chi connectivity index (χ1v) is 8.86. The van der Waals surface area contributed by atoms with Gasteiger partial charge in [-0.3, -0.25) is 9.59 Å². The molecule has 1 aliphatic carbocycles. The SMILES string of the molecule is CN(Cc1nc2ccsc2c(=O)[nH]1)C(=O)C1(c2ccc(F)cc2)CC1. The van der Waals surface area contributed by atoms with Crippen molar-refractivity contribution in [2.24, 2.45) is 0 Å². The predicted molar refractivity (Wildman–Crippen MR) is 94.0 cm³/mol. The lowest BCUT2D eigenvalue weighted by molar-refractivity contribution is -0.133. The van der Waals surface area contributed by atoms with Gasteiger partial charge in [0.1, 0.15) is 16.3 Å². The molecule has 0 bridgehead atoms. The van der Waals surface area contributed by atoms with Crippen LogP contribution in [0.3, 0.4) is 0 Å². The molecule has 0 unspecified atom stereocenters. The second kappa shape index (κ2) is 5.77. The highest BCUT2D eigenvalue weighted by Gasteiger charge is 2.52. The minimum Gasteiger partial charge on any atom is -0.338 e. The van der Waals surface area contributed by atoms with Crippen LogP contribution in [-0.4, -0.2) is 27.8 Å². The van der Waals surface area contributed by atoms with Gasteiger partial charge < -0.3 is 9.88 Å². The summed E-state index contributed by atoms with van der Waals surface area (Å²) in [5.74, 6) is 0.111. The minimum absolute atomic E-state index is 0.0350. The van der Waals surface area contributed by atoms with Crippen LogP contribution in [0.15, 0.2) is 40.5 Å². The summed E-state index contributed by atoms with van der Waals surface area (Å²) >= 11 is 1.34. The largest absolute Gasteiger partial charge is 0.338 e. The van der Waals surface area contributed by atoms with Crippen molar-refractivity contribution in [2.45, 2.75) is 24.8 Å². The summed E-state index contributed by atoms with van der Waals surface area (Å²) in [5, 5.41) is 1.82. The average Bonchev–Trinajstić information content (AvgIpc) is 3.26. The molecule has 1 N–H and O–H groups in total. The van der Waals surface area contributed by atoms with Gasteiger partial charge in [0.25, 0.3) is 5.56 Å². The zero-order chi connectivity index (χ0) is 17.6. The van der Waals surface area contributed by atoms with E-state index in [1.807, 2.05) is 5.38 Å². The predicted octanol–water partition coefficient (Wildman–Crippen LogP) is 2.81. The molecular formula is C18H16FN3O2S. The van der Waals surface area contributed by atoms with Crippen LogP contribution in [0.1, 0.15) is 24.2 Å². The van der Waals surface area contributed by atoms with Gasteiger partial charge in [-0.25, -0.2) is 9.37 Å². The third-order valence-corrected chi connectivity index (χ3v) is 5.56. The van der Waals surface area contributed by atoms with Gasteiger partial charge >= 0.3 is 0 Å². The average molecular weight is 357 g/mol. The molecule has 25 heavy (non-hydrogen) atoms. The summed E-state index contributed by atoms with van der Waals surface area (Å²) in [5.41, 5.74) is 0.718. The van der Waals surface area contributed by atoms with Crippen LogP contribution in [0, 0.1) is 5.82 Å². The number of nitrogens with one attached hydrogen (secondary N) is 1. The smallest absolute Gasteiger partial charge is 0.268 e. The Morgan fingerprint density at radius 3 is 2.72 bits per heavy atom. The van der Waals surface area contributed by atoms with Crippen LogP contribution < -0.4 is 5.56 Å². The van der Waals surface area contributed by atoms with E-state index in [2.05, 4.69) is 9.97 Å². The van der Waals surface area contributed by atoms with E-state index in [0.717, 1.165) is 18.4 Å². The molecule has 128 valence electrons. The number of halogens is 1. The van der Waals surface area contributed by atoms with E-state index in [0.29, 0.717) is 16.0 Å².